The Kier molecular flexibility index (Phi) is 8.27. The number of ether oxygens (including phenoxy) is 3. The lowest BCUT2D eigenvalue weighted by atomic mass is 9.77. The molecule has 12 unspecified atom stereocenters. The molecule has 202 valence electrons. The van der Waals surface area contributed by atoms with Crippen molar-refractivity contribution < 1.29 is 29.2 Å². The molecule has 0 aromatic heterocycles. The van der Waals surface area contributed by atoms with Crippen LogP contribution in [-0.2, 0) is 19.0 Å². The van der Waals surface area contributed by atoms with Gasteiger partial charge in [-0.3, -0.25) is 4.79 Å². The van der Waals surface area contributed by atoms with Crippen LogP contribution in [0.25, 0.3) is 0 Å². The largest absolute Gasteiger partial charge is 0.460 e. The third kappa shape index (κ3) is 5.46. The smallest absolute Gasteiger partial charge is 0.309 e. The molecule has 4 aliphatic rings. The minimum absolute atomic E-state index is 0.0487. The number of fused-ring (bicyclic) bond motifs is 4. The van der Waals surface area contributed by atoms with Gasteiger partial charge in [0.2, 0.25) is 0 Å². The first-order chi connectivity index (χ1) is 16.4. The van der Waals surface area contributed by atoms with Crippen molar-refractivity contribution in [3.8, 4) is 0 Å². The summed E-state index contributed by atoms with van der Waals surface area (Å²) in [6.45, 7) is 14.3. The van der Waals surface area contributed by atoms with Crippen molar-refractivity contribution in [1.29, 1.82) is 0 Å². The van der Waals surface area contributed by atoms with Crippen LogP contribution in [0, 0.1) is 41.4 Å². The molecule has 2 N–H and O–H groups in total. The summed E-state index contributed by atoms with van der Waals surface area (Å²) in [5.74, 6) is 1.65. The zero-order chi connectivity index (χ0) is 25.7. The van der Waals surface area contributed by atoms with Gasteiger partial charge in [-0.05, 0) is 103 Å². The summed E-state index contributed by atoms with van der Waals surface area (Å²) in [7, 11) is 0. The number of aliphatic hydroxyl groups excluding tert-OH is 2. The van der Waals surface area contributed by atoms with Crippen LogP contribution in [0.2, 0.25) is 0 Å². The summed E-state index contributed by atoms with van der Waals surface area (Å²) in [6.07, 6.45) is 5.98. The Morgan fingerprint density at radius 1 is 0.914 bits per heavy atom. The van der Waals surface area contributed by atoms with E-state index in [2.05, 4.69) is 27.7 Å². The molecule has 35 heavy (non-hydrogen) atoms. The number of hydrogen-bond acceptors (Lipinski definition) is 6. The molecule has 0 aromatic rings. The monoisotopic (exact) mass is 494 g/mol. The minimum atomic E-state index is -0.649. The molecule has 6 heteroatoms. The molecule has 0 heterocycles. The second-order valence-electron chi connectivity index (χ2n) is 13.2. The number of carbonyl (C=O) groups excluding carboxylic acids is 1. The average molecular weight is 495 g/mol. The summed E-state index contributed by atoms with van der Waals surface area (Å²) >= 11 is 0. The van der Waals surface area contributed by atoms with E-state index in [9.17, 15) is 15.0 Å². The molecule has 12 atom stereocenters. The maximum Gasteiger partial charge on any atom is 0.309 e. The highest BCUT2D eigenvalue weighted by Gasteiger charge is 2.58. The Balaban J connectivity index is 1.38. The van der Waals surface area contributed by atoms with Crippen molar-refractivity contribution in [3.05, 3.63) is 0 Å². The molecule has 0 saturated heterocycles. The Bertz CT molecular complexity index is 729. The van der Waals surface area contributed by atoms with Gasteiger partial charge in [0.15, 0.2) is 0 Å². The standard InChI is InChI=1S/C29H50O6/c1-8-17(34-26-18(9-2)20-14-23(26)25(31)24(20)30)10-11-19-16-12-21(27(19)33-15(3)4)22(13-16)28(32)35-29(5,6)7/h15-27,30-31H,8-14H2,1-7H3. The molecular weight excluding hydrogens is 444 g/mol. The molecule has 4 saturated carbocycles. The van der Waals surface area contributed by atoms with Gasteiger partial charge in [0.1, 0.15) is 5.60 Å². The van der Waals surface area contributed by atoms with E-state index in [1.165, 1.54) is 0 Å². The van der Waals surface area contributed by atoms with Crippen molar-refractivity contribution in [1.82, 2.24) is 0 Å². The molecule has 4 bridgehead atoms. The van der Waals surface area contributed by atoms with Crippen LogP contribution >= 0.6 is 0 Å². The predicted molar refractivity (Wildman–Crippen MR) is 135 cm³/mol. The van der Waals surface area contributed by atoms with Gasteiger partial charge in [0.25, 0.3) is 0 Å². The normalized spacial score (nSPS) is 43.3. The second kappa shape index (κ2) is 10.6. The van der Waals surface area contributed by atoms with Gasteiger partial charge in [-0.1, -0.05) is 20.3 Å². The summed E-state index contributed by atoms with van der Waals surface area (Å²) < 4.78 is 18.9. The first-order valence-corrected chi connectivity index (χ1v) is 14.3. The Morgan fingerprint density at radius 2 is 1.57 bits per heavy atom. The lowest BCUT2D eigenvalue weighted by Crippen LogP contribution is -2.47. The third-order valence-corrected chi connectivity index (χ3v) is 9.50. The van der Waals surface area contributed by atoms with E-state index in [-0.39, 0.29) is 54.1 Å². The quantitative estimate of drug-likeness (QED) is 0.427. The minimum Gasteiger partial charge on any atom is -0.460 e. The molecule has 4 aliphatic carbocycles. The average Bonchev–Trinajstić information content (AvgIpc) is 3.50. The van der Waals surface area contributed by atoms with E-state index >= 15 is 0 Å². The predicted octanol–water partition coefficient (Wildman–Crippen LogP) is 4.74. The van der Waals surface area contributed by atoms with E-state index in [1.807, 2.05) is 20.8 Å². The van der Waals surface area contributed by atoms with Crippen LogP contribution in [0.15, 0.2) is 0 Å². The SMILES string of the molecule is CCC(CCC1C2CC(C(=O)OC(C)(C)C)C(C2)C1OC(C)C)OC1C2CC(C(O)C2O)C1CC. The van der Waals surface area contributed by atoms with Gasteiger partial charge in [0, 0.05) is 5.92 Å². The van der Waals surface area contributed by atoms with E-state index < -0.39 is 17.8 Å². The number of rotatable bonds is 10. The molecule has 0 amide bonds. The van der Waals surface area contributed by atoms with Crippen molar-refractivity contribution in [2.75, 3.05) is 0 Å². The van der Waals surface area contributed by atoms with Gasteiger partial charge >= 0.3 is 5.97 Å². The van der Waals surface area contributed by atoms with Gasteiger partial charge in [-0.25, -0.2) is 0 Å². The van der Waals surface area contributed by atoms with Crippen molar-refractivity contribution >= 4 is 5.97 Å². The zero-order valence-corrected chi connectivity index (χ0v) is 23.0. The van der Waals surface area contributed by atoms with E-state index in [1.54, 1.807) is 0 Å². The third-order valence-electron chi connectivity index (χ3n) is 9.50. The van der Waals surface area contributed by atoms with Gasteiger partial charge in [-0.15, -0.1) is 0 Å². The molecule has 0 aliphatic heterocycles. The van der Waals surface area contributed by atoms with E-state index in [0.717, 1.165) is 44.9 Å². The molecule has 6 nitrogen and oxygen atoms in total. The van der Waals surface area contributed by atoms with Crippen molar-refractivity contribution in [3.63, 3.8) is 0 Å². The van der Waals surface area contributed by atoms with Crippen LogP contribution in [-0.4, -0.2) is 58.4 Å². The van der Waals surface area contributed by atoms with Crippen molar-refractivity contribution in [2.24, 2.45) is 41.4 Å². The van der Waals surface area contributed by atoms with Gasteiger partial charge in [-0.2, -0.15) is 0 Å². The molecular formula is C29H50O6. The van der Waals surface area contributed by atoms with Gasteiger partial charge in [0.05, 0.1) is 42.5 Å². The lowest BCUT2D eigenvalue weighted by molar-refractivity contribution is -0.167. The fourth-order valence-electron chi connectivity index (χ4n) is 8.10. The van der Waals surface area contributed by atoms with E-state index in [0.29, 0.717) is 17.8 Å². The molecule has 0 radical (unpaired) electrons. The lowest BCUT2D eigenvalue weighted by Gasteiger charge is -2.39. The molecule has 4 rings (SSSR count). The Morgan fingerprint density at radius 3 is 2.17 bits per heavy atom. The molecule has 4 fully saturated rings. The summed E-state index contributed by atoms with van der Waals surface area (Å²) in [5.41, 5.74) is -0.460. The number of carbonyl (C=O) groups is 1. The van der Waals surface area contributed by atoms with Crippen LogP contribution in [0.1, 0.15) is 93.4 Å². The zero-order valence-electron chi connectivity index (χ0n) is 23.0. The maximum absolute atomic E-state index is 12.9. The summed E-state index contributed by atoms with van der Waals surface area (Å²) in [5, 5.41) is 20.9. The Hall–Kier alpha value is -0.690. The Labute approximate surface area is 212 Å². The topological polar surface area (TPSA) is 85.2 Å². The number of aliphatic hydroxyl groups is 2. The molecule has 0 spiro atoms. The van der Waals surface area contributed by atoms with Crippen LogP contribution in [0.3, 0.4) is 0 Å². The maximum atomic E-state index is 12.9. The summed E-state index contributed by atoms with van der Waals surface area (Å²) in [4.78, 5) is 12.9. The van der Waals surface area contributed by atoms with Gasteiger partial charge < -0.3 is 24.4 Å². The van der Waals surface area contributed by atoms with Crippen molar-refractivity contribution in [2.45, 2.75) is 136 Å². The van der Waals surface area contributed by atoms with Crippen LogP contribution in [0.5, 0.6) is 0 Å². The summed E-state index contributed by atoms with van der Waals surface area (Å²) in [6, 6.07) is 0. The highest BCUT2D eigenvalue weighted by Crippen LogP contribution is 2.56. The highest BCUT2D eigenvalue weighted by atomic mass is 16.6. The highest BCUT2D eigenvalue weighted by molar-refractivity contribution is 5.74. The fourth-order valence-corrected chi connectivity index (χ4v) is 8.10. The van der Waals surface area contributed by atoms with Crippen LogP contribution < -0.4 is 0 Å². The number of hydrogen-bond donors (Lipinski definition) is 2. The first-order valence-electron chi connectivity index (χ1n) is 14.3. The first kappa shape index (κ1) is 27.3. The van der Waals surface area contributed by atoms with Crippen LogP contribution in [0.4, 0.5) is 0 Å². The molecule has 0 aromatic carbocycles. The fraction of sp³-hybridized carbons (Fsp3) is 0.966. The number of esters is 1. The second-order valence-corrected chi connectivity index (χ2v) is 13.2. The van der Waals surface area contributed by atoms with E-state index in [4.69, 9.17) is 14.2 Å².